The van der Waals surface area contributed by atoms with Crippen molar-refractivity contribution in [1.82, 2.24) is 0 Å². The van der Waals surface area contributed by atoms with E-state index < -0.39 is 8.32 Å². The SMILES string of the molecule is CC1=CCC(O[Si](C)(C)C)(C(C)(C)C2=[C-]CC=C2)C(C)=C1.[Cl-].[Cl-].[Ti+3]. The molecule has 0 aromatic heterocycles. The molecule has 133 valence electrons. The smallest absolute Gasteiger partial charge is 1.00 e. The van der Waals surface area contributed by atoms with Gasteiger partial charge in [0.15, 0.2) is 8.32 Å². The molecule has 2 aliphatic carbocycles. The zero-order chi connectivity index (χ0) is 15.9. The predicted octanol–water partition coefficient (Wildman–Crippen LogP) is -0.406. The molecule has 0 aliphatic heterocycles. The molecule has 0 aromatic rings. The number of hydrogen-bond acceptors (Lipinski definition) is 1. The molecule has 2 aliphatic rings. The average Bonchev–Trinajstić information content (AvgIpc) is 2.85. The van der Waals surface area contributed by atoms with Gasteiger partial charge in [0.05, 0.1) is 5.60 Å². The molecular formula is C19H29Cl2OSiTi. The van der Waals surface area contributed by atoms with Crippen molar-refractivity contribution in [3.8, 4) is 0 Å². The summed E-state index contributed by atoms with van der Waals surface area (Å²) in [5.41, 5.74) is 3.68. The van der Waals surface area contributed by atoms with E-state index in [9.17, 15) is 0 Å². The van der Waals surface area contributed by atoms with Crippen molar-refractivity contribution in [2.45, 2.75) is 65.8 Å². The van der Waals surface area contributed by atoms with Gasteiger partial charge >= 0.3 is 21.7 Å². The summed E-state index contributed by atoms with van der Waals surface area (Å²) in [5, 5.41) is 0. The van der Waals surface area contributed by atoms with Gasteiger partial charge in [0.1, 0.15) is 0 Å². The minimum atomic E-state index is -1.68. The first kappa shape index (κ1) is 26.7. The fraction of sp³-hybridized carbons (Fsp3) is 0.579. The van der Waals surface area contributed by atoms with Crippen molar-refractivity contribution in [2.24, 2.45) is 5.41 Å². The Morgan fingerprint density at radius 2 is 1.75 bits per heavy atom. The number of rotatable bonds is 4. The Labute approximate surface area is 176 Å². The summed E-state index contributed by atoms with van der Waals surface area (Å²) in [7, 11) is -1.68. The van der Waals surface area contributed by atoms with Gasteiger partial charge in [0.2, 0.25) is 0 Å². The molecule has 1 unspecified atom stereocenters. The molecule has 0 heterocycles. The summed E-state index contributed by atoms with van der Waals surface area (Å²) in [6.07, 6.45) is 14.5. The molecule has 0 fully saturated rings. The van der Waals surface area contributed by atoms with Crippen LogP contribution in [0.1, 0.15) is 40.5 Å². The Morgan fingerprint density at radius 1 is 1.17 bits per heavy atom. The predicted molar refractivity (Wildman–Crippen MR) is 93.6 cm³/mol. The first-order valence-electron chi connectivity index (χ1n) is 7.92. The molecule has 5 heteroatoms. The second-order valence-electron chi connectivity index (χ2n) is 7.84. The Hall–Kier alpha value is 0.431. The van der Waals surface area contributed by atoms with E-state index >= 15 is 0 Å². The van der Waals surface area contributed by atoms with Gasteiger partial charge in [-0.15, -0.1) is 6.42 Å². The van der Waals surface area contributed by atoms with Gasteiger partial charge in [0.25, 0.3) is 0 Å². The Bertz CT molecular complexity index is 556. The average molecular weight is 420 g/mol. The minimum absolute atomic E-state index is 0. The molecule has 0 aromatic carbocycles. The van der Waals surface area contributed by atoms with Crippen LogP contribution < -0.4 is 24.8 Å². The summed E-state index contributed by atoms with van der Waals surface area (Å²) < 4.78 is 6.84. The van der Waals surface area contributed by atoms with Gasteiger partial charge in [-0.3, -0.25) is 6.08 Å². The third kappa shape index (κ3) is 5.22. The molecule has 0 amide bonds. The monoisotopic (exact) mass is 419 g/mol. The van der Waals surface area contributed by atoms with Crippen LogP contribution in [0.4, 0.5) is 0 Å². The Balaban J connectivity index is 0. The summed E-state index contributed by atoms with van der Waals surface area (Å²) in [4.78, 5) is 0. The van der Waals surface area contributed by atoms with E-state index in [-0.39, 0.29) is 57.5 Å². The maximum Gasteiger partial charge on any atom is 3.00 e. The van der Waals surface area contributed by atoms with Gasteiger partial charge in [-0.1, -0.05) is 31.6 Å². The molecule has 24 heavy (non-hydrogen) atoms. The van der Waals surface area contributed by atoms with Crippen molar-refractivity contribution < 1.29 is 51.0 Å². The molecule has 1 atom stereocenters. The van der Waals surface area contributed by atoms with Crippen LogP contribution >= 0.6 is 0 Å². The third-order valence-corrected chi connectivity index (χ3v) is 5.61. The fourth-order valence-corrected chi connectivity index (χ4v) is 5.10. The Morgan fingerprint density at radius 3 is 2.17 bits per heavy atom. The van der Waals surface area contributed by atoms with Crippen molar-refractivity contribution in [3.05, 3.63) is 47.1 Å². The summed E-state index contributed by atoms with van der Waals surface area (Å²) in [5.74, 6) is 0. The maximum absolute atomic E-state index is 6.84. The van der Waals surface area contributed by atoms with E-state index in [1.165, 1.54) is 16.7 Å². The summed E-state index contributed by atoms with van der Waals surface area (Å²) >= 11 is 0. The van der Waals surface area contributed by atoms with E-state index in [1.54, 1.807) is 0 Å². The zero-order valence-corrected chi connectivity index (χ0v) is 20.0. The second-order valence-corrected chi connectivity index (χ2v) is 12.3. The first-order valence-corrected chi connectivity index (χ1v) is 11.3. The molecule has 0 bridgehead atoms. The maximum atomic E-state index is 6.84. The number of halogens is 2. The van der Waals surface area contributed by atoms with Gasteiger partial charge in [0, 0.05) is 0 Å². The molecule has 0 N–H and O–H groups in total. The van der Waals surface area contributed by atoms with E-state index in [0.29, 0.717) is 0 Å². The second kappa shape index (κ2) is 9.39. The Kier molecular flexibility index (Phi) is 10.4. The largest absolute Gasteiger partial charge is 3.00 e. The molecule has 0 spiro atoms. The van der Waals surface area contributed by atoms with Crippen molar-refractivity contribution in [2.75, 3.05) is 0 Å². The first-order chi connectivity index (χ1) is 9.58. The van der Waals surface area contributed by atoms with E-state index in [4.69, 9.17) is 4.43 Å². The van der Waals surface area contributed by atoms with Crippen LogP contribution in [0.5, 0.6) is 0 Å². The number of allylic oxidation sites excluding steroid dienone is 5. The standard InChI is InChI=1S/C19H29OSi.2ClH.Ti/c1-15-12-13-19(16(2)14-15,20-21(5,6)7)18(3,4)17-10-8-9-11-17;;;/h8,10,12,14H,9,13H2,1-7H3;2*1H;/q-1;;;+3/p-2. The van der Waals surface area contributed by atoms with Gasteiger partial charge in [-0.2, -0.15) is 6.08 Å². The zero-order valence-electron chi connectivity index (χ0n) is 15.9. The van der Waals surface area contributed by atoms with E-state index in [0.717, 1.165) is 12.8 Å². The van der Waals surface area contributed by atoms with Crippen LogP contribution in [0.25, 0.3) is 0 Å². The molecular weight excluding hydrogens is 391 g/mol. The normalized spacial score (nSPS) is 23.2. The molecule has 2 rings (SSSR count). The van der Waals surface area contributed by atoms with E-state index in [2.05, 4.69) is 77.7 Å². The molecule has 0 saturated carbocycles. The topological polar surface area (TPSA) is 9.23 Å². The van der Waals surface area contributed by atoms with Crippen LogP contribution in [0, 0.1) is 11.5 Å². The minimum Gasteiger partial charge on any atom is -1.00 e. The van der Waals surface area contributed by atoms with Crippen LogP contribution in [-0.4, -0.2) is 13.9 Å². The quantitative estimate of drug-likeness (QED) is 0.444. The van der Waals surface area contributed by atoms with Crippen molar-refractivity contribution in [1.29, 1.82) is 0 Å². The summed E-state index contributed by atoms with van der Waals surface area (Å²) in [6.45, 7) is 15.9. The van der Waals surface area contributed by atoms with Crippen molar-refractivity contribution >= 4 is 8.32 Å². The third-order valence-electron chi connectivity index (χ3n) is 4.65. The molecule has 1 radical (unpaired) electrons. The van der Waals surface area contributed by atoms with Gasteiger partial charge in [-0.25, -0.2) is 11.6 Å². The van der Waals surface area contributed by atoms with Crippen LogP contribution in [0.2, 0.25) is 19.6 Å². The van der Waals surface area contributed by atoms with Crippen molar-refractivity contribution in [3.63, 3.8) is 0 Å². The molecule has 1 nitrogen and oxygen atoms in total. The van der Waals surface area contributed by atoms with E-state index in [1.807, 2.05) is 0 Å². The summed E-state index contributed by atoms with van der Waals surface area (Å²) in [6, 6.07) is 0. The fourth-order valence-electron chi connectivity index (χ4n) is 3.55. The van der Waals surface area contributed by atoms with Crippen LogP contribution in [0.15, 0.2) is 41.0 Å². The number of hydrogen-bond donors (Lipinski definition) is 0. The molecule has 0 saturated heterocycles. The van der Waals surface area contributed by atoms with Crippen LogP contribution in [-0.2, 0) is 26.1 Å². The van der Waals surface area contributed by atoms with Gasteiger partial charge in [-0.05, 0) is 50.9 Å². The van der Waals surface area contributed by atoms with Gasteiger partial charge < -0.3 is 29.2 Å². The van der Waals surface area contributed by atoms with Crippen LogP contribution in [0.3, 0.4) is 0 Å².